The molecule has 1 amide bonds. The highest BCUT2D eigenvalue weighted by molar-refractivity contribution is 9.10. The van der Waals surface area contributed by atoms with Crippen LogP contribution in [0.4, 0.5) is 0 Å². The minimum absolute atomic E-state index is 0. The maximum Gasteiger partial charge on any atom is 0.250 e. The van der Waals surface area contributed by atoms with Crippen LogP contribution >= 0.6 is 28.3 Å². The Hall–Kier alpha value is -0.820. The molecular weight excluding hydrogens is 348 g/mol. The van der Waals surface area contributed by atoms with Gasteiger partial charge < -0.3 is 20.5 Å². The van der Waals surface area contributed by atoms with Gasteiger partial charge in [-0.1, -0.05) is 6.07 Å². The van der Waals surface area contributed by atoms with Gasteiger partial charge in [0, 0.05) is 13.7 Å². The quantitative estimate of drug-likeness (QED) is 0.807. The van der Waals surface area contributed by atoms with Crippen LogP contribution in [0.15, 0.2) is 22.7 Å². The van der Waals surface area contributed by atoms with E-state index >= 15 is 0 Å². The van der Waals surface area contributed by atoms with E-state index in [1.807, 2.05) is 25.1 Å². The fraction of sp³-hybridized carbons (Fsp3) is 0.462. The number of ether oxygens (including phenoxy) is 2. The standard InChI is InChI=1S/C13H19BrN2O3.ClH/c1-8(16-13(17)12(7-15)19-3)9-4-5-11(18-2)10(14)6-9;/h4-6,8,12H,7,15H2,1-3H3,(H,16,17);1H. The van der Waals surface area contributed by atoms with Crippen LogP contribution in [0.25, 0.3) is 0 Å². The van der Waals surface area contributed by atoms with E-state index in [1.165, 1.54) is 7.11 Å². The Morgan fingerprint density at radius 1 is 1.45 bits per heavy atom. The predicted molar refractivity (Wildman–Crippen MR) is 84.4 cm³/mol. The molecule has 0 saturated carbocycles. The summed E-state index contributed by atoms with van der Waals surface area (Å²) in [6, 6.07) is 5.52. The van der Waals surface area contributed by atoms with Gasteiger partial charge in [-0.25, -0.2) is 0 Å². The average molecular weight is 368 g/mol. The van der Waals surface area contributed by atoms with Crippen molar-refractivity contribution in [2.24, 2.45) is 5.73 Å². The van der Waals surface area contributed by atoms with Gasteiger partial charge in [0.2, 0.25) is 0 Å². The molecule has 0 aliphatic carbocycles. The van der Waals surface area contributed by atoms with Crippen molar-refractivity contribution in [2.75, 3.05) is 20.8 Å². The van der Waals surface area contributed by atoms with Gasteiger partial charge in [-0.05, 0) is 40.5 Å². The van der Waals surface area contributed by atoms with Crippen molar-refractivity contribution < 1.29 is 14.3 Å². The first-order valence-electron chi connectivity index (χ1n) is 5.90. The molecule has 0 spiro atoms. The number of nitrogens with two attached hydrogens (primary N) is 1. The molecule has 3 N–H and O–H groups in total. The number of halogens is 2. The van der Waals surface area contributed by atoms with Crippen molar-refractivity contribution in [1.29, 1.82) is 0 Å². The summed E-state index contributed by atoms with van der Waals surface area (Å²) in [7, 11) is 3.07. The van der Waals surface area contributed by atoms with Crippen molar-refractivity contribution in [3.8, 4) is 5.75 Å². The molecule has 0 radical (unpaired) electrons. The summed E-state index contributed by atoms with van der Waals surface area (Å²) in [5.41, 5.74) is 6.42. The van der Waals surface area contributed by atoms with E-state index in [4.69, 9.17) is 15.2 Å². The fourth-order valence-electron chi connectivity index (χ4n) is 1.65. The Bertz CT molecular complexity index is 442. The van der Waals surface area contributed by atoms with Gasteiger partial charge in [0.05, 0.1) is 17.6 Å². The lowest BCUT2D eigenvalue weighted by Gasteiger charge is -2.19. The van der Waals surface area contributed by atoms with Gasteiger partial charge in [-0.2, -0.15) is 0 Å². The number of rotatable bonds is 6. The fourth-order valence-corrected chi connectivity index (χ4v) is 2.21. The zero-order valence-electron chi connectivity index (χ0n) is 11.7. The number of hydrogen-bond donors (Lipinski definition) is 2. The summed E-state index contributed by atoms with van der Waals surface area (Å²) < 4.78 is 11.0. The third kappa shape index (κ3) is 4.94. The maximum absolute atomic E-state index is 11.8. The molecule has 7 heteroatoms. The number of hydrogen-bond acceptors (Lipinski definition) is 4. The average Bonchev–Trinajstić information content (AvgIpc) is 2.39. The van der Waals surface area contributed by atoms with Crippen molar-refractivity contribution in [3.05, 3.63) is 28.2 Å². The SMILES string of the molecule is COc1ccc(C(C)NC(=O)C(CN)OC)cc1Br.Cl. The van der Waals surface area contributed by atoms with Crippen LogP contribution in [0.1, 0.15) is 18.5 Å². The molecule has 5 nitrogen and oxygen atoms in total. The Morgan fingerprint density at radius 2 is 2.10 bits per heavy atom. The van der Waals surface area contributed by atoms with Gasteiger partial charge >= 0.3 is 0 Å². The van der Waals surface area contributed by atoms with Crippen LogP contribution in [0.2, 0.25) is 0 Å². The molecule has 0 bridgehead atoms. The zero-order valence-corrected chi connectivity index (χ0v) is 14.1. The molecule has 0 aliphatic rings. The van der Waals surface area contributed by atoms with E-state index in [-0.39, 0.29) is 30.9 Å². The van der Waals surface area contributed by atoms with Crippen molar-refractivity contribution in [1.82, 2.24) is 5.32 Å². The van der Waals surface area contributed by atoms with Crippen molar-refractivity contribution in [3.63, 3.8) is 0 Å². The van der Waals surface area contributed by atoms with Crippen molar-refractivity contribution >= 4 is 34.2 Å². The molecule has 2 unspecified atom stereocenters. The van der Waals surface area contributed by atoms with Gasteiger partial charge in [0.15, 0.2) is 0 Å². The van der Waals surface area contributed by atoms with Gasteiger partial charge in [0.25, 0.3) is 5.91 Å². The van der Waals surface area contributed by atoms with Crippen LogP contribution in [-0.2, 0) is 9.53 Å². The smallest absolute Gasteiger partial charge is 0.250 e. The molecule has 0 aromatic heterocycles. The van der Waals surface area contributed by atoms with E-state index in [0.717, 1.165) is 15.8 Å². The van der Waals surface area contributed by atoms with Crippen LogP contribution in [0, 0.1) is 0 Å². The number of amides is 1. The maximum atomic E-state index is 11.8. The predicted octanol–water partition coefficient (Wildman–Crippen LogP) is 2.03. The van der Waals surface area contributed by atoms with E-state index in [9.17, 15) is 4.79 Å². The largest absolute Gasteiger partial charge is 0.496 e. The number of methoxy groups -OCH3 is 2. The van der Waals surface area contributed by atoms with Crippen LogP contribution in [0.3, 0.4) is 0 Å². The first-order valence-corrected chi connectivity index (χ1v) is 6.69. The highest BCUT2D eigenvalue weighted by Gasteiger charge is 2.18. The topological polar surface area (TPSA) is 73.6 Å². The van der Waals surface area contributed by atoms with Gasteiger partial charge in [-0.15, -0.1) is 12.4 Å². The molecule has 1 aromatic carbocycles. The summed E-state index contributed by atoms with van der Waals surface area (Å²) in [4.78, 5) is 11.8. The lowest BCUT2D eigenvalue weighted by molar-refractivity contribution is -0.131. The minimum Gasteiger partial charge on any atom is -0.496 e. The molecule has 0 saturated heterocycles. The van der Waals surface area contributed by atoms with E-state index in [0.29, 0.717) is 0 Å². The molecule has 0 fully saturated rings. The summed E-state index contributed by atoms with van der Waals surface area (Å²) in [6.07, 6.45) is -0.621. The van der Waals surface area contributed by atoms with Crippen molar-refractivity contribution in [2.45, 2.75) is 19.1 Å². The van der Waals surface area contributed by atoms with Gasteiger partial charge in [-0.3, -0.25) is 4.79 Å². The Labute approximate surface area is 133 Å². The van der Waals surface area contributed by atoms with E-state index in [1.54, 1.807) is 7.11 Å². The third-order valence-corrected chi connectivity index (χ3v) is 3.45. The highest BCUT2D eigenvalue weighted by atomic mass is 79.9. The molecule has 1 rings (SSSR count). The summed E-state index contributed by atoms with van der Waals surface area (Å²) >= 11 is 3.42. The minimum atomic E-state index is -0.621. The second kappa shape index (κ2) is 9.18. The van der Waals surface area contributed by atoms with E-state index < -0.39 is 6.10 Å². The zero-order chi connectivity index (χ0) is 14.4. The normalized spacial score (nSPS) is 13.1. The van der Waals surface area contributed by atoms with Gasteiger partial charge in [0.1, 0.15) is 11.9 Å². The van der Waals surface area contributed by atoms with Crippen LogP contribution < -0.4 is 15.8 Å². The molecule has 0 aliphatic heterocycles. The molecule has 114 valence electrons. The lowest BCUT2D eigenvalue weighted by atomic mass is 10.1. The second-order valence-corrected chi connectivity index (χ2v) is 4.94. The van der Waals surface area contributed by atoms with E-state index in [2.05, 4.69) is 21.2 Å². The number of benzene rings is 1. The lowest BCUT2D eigenvalue weighted by Crippen LogP contribution is -2.41. The third-order valence-electron chi connectivity index (χ3n) is 2.83. The molecular formula is C13H20BrClN2O3. The summed E-state index contributed by atoms with van der Waals surface area (Å²) in [6.45, 7) is 2.05. The first kappa shape index (κ1) is 19.2. The molecule has 20 heavy (non-hydrogen) atoms. The highest BCUT2D eigenvalue weighted by Crippen LogP contribution is 2.27. The Kier molecular flexibility index (Phi) is 8.80. The number of carbonyl (C=O) groups excluding carboxylic acids is 1. The number of nitrogens with one attached hydrogen (secondary N) is 1. The summed E-state index contributed by atoms with van der Waals surface area (Å²) in [5.74, 6) is 0.531. The Balaban J connectivity index is 0.00000361. The monoisotopic (exact) mass is 366 g/mol. The number of carbonyl (C=O) groups is 1. The second-order valence-electron chi connectivity index (χ2n) is 4.08. The molecule has 1 aromatic rings. The van der Waals surface area contributed by atoms with Crippen LogP contribution in [0.5, 0.6) is 5.75 Å². The summed E-state index contributed by atoms with van der Waals surface area (Å²) in [5, 5.41) is 2.86. The first-order chi connectivity index (χ1) is 9.03. The Morgan fingerprint density at radius 3 is 2.55 bits per heavy atom. The molecule has 0 heterocycles. The molecule has 2 atom stereocenters. The van der Waals surface area contributed by atoms with Crippen LogP contribution in [-0.4, -0.2) is 32.8 Å².